The van der Waals surface area contributed by atoms with Crippen molar-refractivity contribution in [3.8, 4) is 0 Å². The number of nitrogens with one attached hydrogen (secondary N) is 5. The first-order chi connectivity index (χ1) is 22.8. The molecule has 0 aliphatic rings. The average molecular weight is 660 g/mol. The normalized spacial score (nSPS) is 10.9. The molecule has 15 heteroatoms. The summed E-state index contributed by atoms with van der Waals surface area (Å²) in [4.78, 5) is 65.3. The number of nitrogens with zero attached hydrogens (tertiary/aromatic N) is 4. The van der Waals surface area contributed by atoms with Gasteiger partial charge in [0.25, 0.3) is 17.7 Å². The Morgan fingerprint density at radius 2 is 1.10 bits per heavy atom. The van der Waals surface area contributed by atoms with Crippen molar-refractivity contribution in [3.63, 3.8) is 0 Å². The molecule has 254 valence electrons. The van der Waals surface area contributed by atoms with Crippen LogP contribution in [0.2, 0.25) is 0 Å². The number of hydrogen-bond donors (Lipinski definition) is 6. The summed E-state index contributed by atoms with van der Waals surface area (Å²) in [5, 5.41) is 20.1. The molecule has 3 heterocycles. The van der Waals surface area contributed by atoms with Crippen molar-refractivity contribution >= 4 is 46.6 Å². The number of aromatic nitrogens is 3. The van der Waals surface area contributed by atoms with E-state index in [4.69, 9.17) is 5.21 Å². The van der Waals surface area contributed by atoms with E-state index in [0.717, 1.165) is 13.0 Å². The Morgan fingerprint density at radius 3 is 1.56 bits per heavy atom. The number of amides is 5. The highest BCUT2D eigenvalue weighted by Crippen LogP contribution is 2.20. The highest BCUT2D eigenvalue weighted by atomic mass is 16.5. The SMILES string of the molecule is CN(C)CCCNC(=O)c1cc(NC(=O)c2cc(NC(=O)c3cc(NC(=O)Cc4ccccc4CC(=O)NO)cn3C)cn2C)cn1C. The molecule has 0 saturated carbocycles. The number of anilines is 3. The number of rotatable bonds is 14. The predicted molar refractivity (Wildman–Crippen MR) is 180 cm³/mol. The van der Waals surface area contributed by atoms with Crippen LogP contribution in [0.25, 0.3) is 0 Å². The summed E-state index contributed by atoms with van der Waals surface area (Å²) in [5.41, 5.74) is 5.00. The molecular weight excluding hydrogens is 618 g/mol. The summed E-state index contributed by atoms with van der Waals surface area (Å²) in [6.45, 7) is 1.39. The van der Waals surface area contributed by atoms with Crippen LogP contribution in [0, 0.1) is 0 Å². The van der Waals surface area contributed by atoms with Crippen LogP contribution in [0.1, 0.15) is 49.0 Å². The molecule has 0 radical (unpaired) electrons. The summed E-state index contributed by atoms with van der Waals surface area (Å²) < 4.78 is 4.78. The molecule has 4 rings (SSSR count). The van der Waals surface area contributed by atoms with Gasteiger partial charge in [0.15, 0.2) is 0 Å². The van der Waals surface area contributed by atoms with Gasteiger partial charge in [-0.15, -0.1) is 0 Å². The third-order valence-corrected chi connectivity index (χ3v) is 7.53. The molecule has 1 aromatic carbocycles. The summed E-state index contributed by atoms with van der Waals surface area (Å²) >= 11 is 0. The monoisotopic (exact) mass is 659 g/mol. The van der Waals surface area contributed by atoms with E-state index in [-0.39, 0.29) is 36.0 Å². The lowest BCUT2D eigenvalue weighted by atomic mass is 10.0. The number of hydrogen-bond acceptors (Lipinski definition) is 7. The second-order valence-corrected chi connectivity index (χ2v) is 11.7. The molecule has 0 fully saturated rings. The zero-order valence-electron chi connectivity index (χ0n) is 27.6. The minimum atomic E-state index is -0.592. The molecule has 4 aromatic rings. The highest BCUT2D eigenvalue weighted by Gasteiger charge is 2.19. The van der Waals surface area contributed by atoms with Crippen LogP contribution in [0.15, 0.2) is 61.1 Å². The van der Waals surface area contributed by atoms with E-state index in [0.29, 0.717) is 40.4 Å². The lowest BCUT2D eigenvalue weighted by molar-refractivity contribution is -0.128. The molecule has 0 aliphatic carbocycles. The van der Waals surface area contributed by atoms with E-state index in [1.165, 1.54) is 12.1 Å². The van der Waals surface area contributed by atoms with E-state index in [9.17, 15) is 24.0 Å². The maximum absolute atomic E-state index is 13.2. The van der Waals surface area contributed by atoms with Crippen molar-refractivity contribution in [1.82, 2.24) is 29.4 Å². The molecule has 0 unspecified atom stereocenters. The topological polar surface area (TPSA) is 184 Å². The van der Waals surface area contributed by atoms with Gasteiger partial charge in [0, 0.05) is 46.3 Å². The quantitative estimate of drug-likeness (QED) is 0.0681. The van der Waals surface area contributed by atoms with Crippen molar-refractivity contribution in [1.29, 1.82) is 0 Å². The maximum Gasteiger partial charge on any atom is 0.272 e. The molecular formula is C33H41N9O6. The summed E-state index contributed by atoms with van der Waals surface area (Å²) in [6.07, 6.45) is 5.56. The lowest BCUT2D eigenvalue weighted by Gasteiger charge is -2.10. The number of benzene rings is 1. The van der Waals surface area contributed by atoms with Gasteiger partial charge in [0.2, 0.25) is 11.8 Å². The van der Waals surface area contributed by atoms with Crippen LogP contribution in [-0.2, 0) is 43.6 Å². The second kappa shape index (κ2) is 15.8. The fourth-order valence-corrected chi connectivity index (χ4v) is 5.15. The van der Waals surface area contributed by atoms with E-state index < -0.39 is 17.7 Å². The van der Waals surface area contributed by atoms with Crippen LogP contribution in [0.3, 0.4) is 0 Å². The van der Waals surface area contributed by atoms with Crippen molar-refractivity contribution in [2.75, 3.05) is 43.1 Å². The van der Waals surface area contributed by atoms with Crippen molar-refractivity contribution in [3.05, 3.63) is 89.3 Å². The summed E-state index contributed by atoms with van der Waals surface area (Å²) in [5.74, 6) is -2.07. The zero-order chi connectivity index (χ0) is 35.0. The Hall–Kier alpha value is -5.67. The van der Waals surface area contributed by atoms with E-state index >= 15 is 0 Å². The largest absolute Gasteiger partial charge is 0.351 e. The van der Waals surface area contributed by atoms with Crippen molar-refractivity contribution in [2.24, 2.45) is 21.1 Å². The van der Waals surface area contributed by atoms with E-state index in [2.05, 4.69) is 21.3 Å². The molecule has 0 bridgehead atoms. The molecule has 48 heavy (non-hydrogen) atoms. The average Bonchev–Trinajstić information content (AvgIpc) is 3.70. The van der Waals surface area contributed by atoms with Gasteiger partial charge in [-0.05, 0) is 56.4 Å². The van der Waals surface area contributed by atoms with Gasteiger partial charge in [0.05, 0.1) is 29.9 Å². The molecule has 15 nitrogen and oxygen atoms in total. The van der Waals surface area contributed by atoms with Gasteiger partial charge in [-0.2, -0.15) is 0 Å². The number of aryl methyl sites for hydroxylation is 3. The molecule has 0 aliphatic heterocycles. The summed E-state index contributed by atoms with van der Waals surface area (Å²) in [7, 11) is 9.00. The minimum absolute atomic E-state index is 0.0191. The number of carbonyl (C=O) groups excluding carboxylic acids is 5. The molecule has 5 amide bonds. The fraction of sp³-hybridized carbons (Fsp3) is 0.303. The van der Waals surface area contributed by atoms with E-state index in [1.54, 1.807) is 89.2 Å². The van der Waals surface area contributed by atoms with Gasteiger partial charge >= 0.3 is 0 Å². The van der Waals surface area contributed by atoms with Crippen LogP contribution >= 0.6 is 0 Å². The van der Waals surface area contributed by atoms with E-state index in [1.807, 2.05) is 19.0 Å². The maximum atomic E-state index is 13.2. The first-order valence-electron chi connectivity index (χ1n) is 15.2. The van der Waals surface area contributed by atoms with Gasteiger partial charge in [-0.25, -0.2) is 5.48 Å². The van der Waals surface area contributed by atoms with Crippen molar-refractivity contribution in [2.45, 2.75) is 19.3 Å². The Labute approximate surface area is 277 Å². The Balaban J connectivity index is 1.35. The van der Waals surface area contributed by atoms with Gasteiger partial charge < -0.3 is 39.9 Å². The standard InChI is InChI=1S/C33H41N9O6/c1-39(2)12-8-11-34-31(45)26-16-24(19-40(26)3)36-33(47)28-17-25(20-42(28)5)37-32(46)27-15-23(18-41(27)4)35-29(43)13-21-9-6-7-10-22(21)14-30(44)38-48/h6-7,9-10,15-20,48H,8,11-14H2,1-5H3,(H,34,45)(H,35,43)(H,36,47)(H,37,46)(H,38,44). The Kier molecular flexibility index (Phi) is 11.5. The predicted octanol–water partition coefficient (Wildman–Crippen LogP) is 2.12. The molecule has 6 N–H and O–H groups in total. The third-order valence-electron chi connectivity index (χ3n) is 7.53. The van der Waals surface area contributed by atoms with Gasteiger partial charge in [-0.1, -0.05) is 24.3 Å². The molecule has 0 spiro atoms. The fourth-order valence-electron chi connectivity index (χ4n) is 5.15. The zero-order valence-corrected chi connectivity index (χ0v) is 27.6. The smallest absolute Gasteiger partial charge is 0.272 e. The lowest BCUT2D eigenvalue weighted by Crippen LogP contribution is -2.28. The molecule has 3 aromatic heterocycles. The van der Waals surface area contributed by atoms with Crippen LogP contribution < -0.4 is 26.7 Å². The van der Waals surface area contributed by atoms with Crippen LogP contribution in [0.4, 0.5) is 17.1 Å². The number of hydroxylamine groups is 1. The first kappa shape index (κ1) is 35.2. The number of carbonyl (C=O) groups is 5. The second-order valence-electron chi connectivity index (χ2n) is 11.7. The summed E-state index contributed by atoms with van der Waals surface area (Å²) in [6, 6.07) is 11.6. The Bertz CT molecular complexity index is 1820. The van der Waals surface area contributed by atoms with Crippen molar-refractivity contribution < 1.29 is 29.2 Å². The van der Waals surface area contributed by atoms with Gasteiger partial charge in [-0.3, -0.25) is 29.2 Å². The van der Waals surface area contributed by atoms with Crippen LogP contribution in [0.5, 0.6) is 0 Å². The molecule has 0 atom stereocenters. The Morgan fingerprint density at radius 1 is 0.667 bits per heavy atom. The van der Waals surface area contributed by atoms with Gasteiger partial charge in [0.1, 0.15) is 17.1 Å². The minimum Gasteiger partial charge on any atom is -0.351 e. The third kappa shape index (κ3) is 9.20. The first-order valence-corrected chi connectivity index (χ1v) is 15.2. The highest BCUT2D eigenvalue weighted by molar-refractivity contribution is 6.07. The molecule has 0 saturated heterocycles. The van der Waals surface area contributed by atoms with Crippen LogP contribution in [-0.4, -0.2) is 80.5 Å².